The molecule has 1 fully saturated rings. The number of carbonyl (C=O) groups excluding carboxylic acids is 1. The zero-order chi connectivity index (χ0) is 20.1. The van der Waals surface area contributed by atoms with Gasteiger partial charge in [0.25, 0.3) is 5.91 Å². The average Bonchev–Trinajstić information content (AvgIpc) is 3.16. The van der Waals surface area contributed by atoms with Crippen molar-refractivity contribution in [3.05, 3.63) is 63.6 Å². The van der Waals surface area contributed by atoms with Crippen LogP contribution >= 0.6 is 23.2 Å². The molecule has 0 aromatic heterocycles. The van der Waals surface area contributed by atoms with E-state index in [4.69, 9.17) is 27.9 Å². The molecule has 1 amide bonds. The maximum atomic E-state index is 12.4. The molecule has 0 spiro atoms. The summed E-state index contributed by atoms with van der Waals surface area (Å²) in [4.78, 5) is 12.4. The minimum Gasteiger partial charge on any atom is -0.494 e. The van der Waals surface area contributed by atoms with Gasteiger partial charge in [-0.2, -0.15) is 5.10 Å². The summed E-state index contributed by atoms with van der Waals surface area (Å²) in [6.07, 6.45) is 0.609. The molecule has 28 heavy (non-hydrogen) atoms. The van der Waals surface area contributed by atoms with E-state index in [1.807, 2.05) is 31.2 Å². The lowest BCUT2D eigenvalue weighted by Gasteiger charge is -2.11. The number of rotatable bonds is 6. The molecule has 1 aliphatic heterocycles. The topological polar surface area (TPSA) is 74.8 Å². The van der Waals surface area contributed by atoms with E-state index in [9.17, 15) is 4.79 Å². The summed E-state index contributed by atoms with van der Waals surface area (Å²) >= 11 is 12.0. The molecule has 148 valence electrons. The highest BCUT2D eigenvalue weighted by molar-refractivity contribution is 6.35. The minimum atomic E-state index is -0.393. The number of carbonyl (C=O) groups is 1. The molecule has 2 aromatic rings. The number of hydrazine groups is 1. The van der Waals surface area contributed by atoms with Gasteiger partial charge < -0.3 is 4.74 Å². The van der Waals surface area contributed by atoms with E-state index in [1.54, 1.807) is 25.1 Å². The van der Waals surface area contributed by atoms with Gasteiger partial charge in [0.15, 0.2) is 0 Å². The summed E-state index contributed by atoms with van der Waals surface area (Å²) in [7, 11) is 0. The van der Waals surface area contributed by atoms with E-state index in [0.717, 1.165) is 16.9 Å². The number of hydrazone groups is 1. The predicted molar refractivity (Wildman–Crippen MR) is 112 cm³/mol. The van der Waals surface area contributed by atoms with E-state index < -0.39 is 6.04 Å². The Morgan fingerprint density at radius 3 is 2.50 bits per heavy atom. The third kappa shape index (κ3) is 5.23. The second-order valence-corrected chi connectivity index (χ2v) is 7.34. The van der Waals surface area contributed by atoms with Gasteiger partial charge in [-0.25, -0.2) is 16.3 Å². The van der Waals surface area contributed by atoms with E-state index >= 15 is 0 Å². The molecule has 3 N–H and O–H groups in total. The van der Waals surface area contributed by atoms with Crippen LogP contribution in [0.2, 0.25) is 10.0 Å². The molecule has 1 heterocycles. The monoisotopic (exact) mass is 420 g/mol. The number of benzene rings is 2. The Kier molecular flexibility index (Phi) is 6.91. The van der Waals surface area contributed by atoms with Gasteiger partial charge in [-0.15, -0.1) is 0 Å². The second kappa shape index (κ2) is 9.39. The molecule has 0 aliphatic carbocycles. The standard InChI is InChI=1S/C20H22Cl2N4O2/c1-3-28-17-6-4-13(5-7-17)18-11-19(25-24-18)20(27)26-23-12(2)14-8-15(21)10-16(22)9-14/h4-10,18-19,24-25H,3,11H2,1-2H3,(H,26,27)/b23-12+. The molecule has 8 heteroatoms. The van der Waals surface area contributed by atoms with Gasteiger partial charge in [0.2, 0.25) is 0 Å². The molecular formula is C20H22Cl2N4O2. The number of halogens is 2. The van der Waals surface area contributed by atoms with Crippen molar-refractivity contribution < 1.29 is 9.53 Å². The molecule has 0 saturated carbocycles. The third-order valence-corrected chi connectivity index (χ3v) is 4.86. The number of hydrogen-bond donors (Lipinski definition) is 3. The van der Waals surface area contributed by atoms with E-state index in [2.05, 4.69) is 21.4 Å². The zero-order valence-electron chi connectivity index (χ0n) is 15.6. The van der Waals surface area contributed by atoms with Crippen molar-refractivity contribution in [2.75, 3.05) is 6.61 Å². The van der Waals surface area contributed by atoms with Crippen LogP contribution in [0.3, 0.4) is 0 Å². The average molecular weight is 421 g/mol. The smallest absolute Gasteiger partial charge is 0.258 e. The highest BCUT2D eigenvalue weighted by Gasteiger charge is 2.30. The summed E-state index contributed by atoms with van der Waals surface area (Å²) in [5.74, 6) is 0.617. The van der Waals surface area contributed by atoms with Crippen molar-refractivity contribution in [2.45, 2.75) is 32.4 Å². The predicted octanol–water partition coefficient (Wildman–Crippen LogP) is 3.84. The van der Waals surface area contributed by atoms with Gasteiger partial charge in [-0.1, -0.05) is 35.3 Å². The van der Waals surface area contributed by atoms with Gasteiger partial charge in [0.05, 0.1) is 12.3 Å². The fourth-order valence-electron chi connectivity index (χ4n) is 2.95. The Balaban J connectivity index is 1.58. The number of hydrogen-bond acceptors (Lipinski definition) is 5. The summed E-state index contributed by atoms with van der Waals surface area (Å²) < 4.78 is 5.46. The summed E-state index contributed by atoms with van der Waals surface area (Å²) in [6.45, 7) is 4.36. The lowest BCUT2D eigenvalue weighted by Crippen LogP contribution is -2.41. The molecular weight excluding hydrogens is 399 g/mol. The van der Waals surface area contributed by atoms with Crippen molar-refractivity contribution in [2.24, 2.45) is 5.10 Å². The van der Waals surface area contributed by atoms with E-state index in [-0.39, 0.29) is 11.9 Å². The molecule has 2 unspecified atom stereocenters. The second-order valence-electron chi connectivity index (χ2n) is 6.46. The third-order valence-electron chi connectivity index (χ3n) is 4.43. The van der Waals surface area contributed by atoms with E-state index in [1.165, 1.54) is 0 Å². The van der Waals surface area contributed by atoms with Gasteiger partial charge in [-0.3, -0.25) is 4.79 Å². The highest BCUT2D eigenvalue weighted by Crippen LogP contribution is 2.24. The van der Waals surface area contributed by atoms with Crippen molar-refractivity contribution in [1.29, 1.82) is 0 Å². The van der Waals surface area contributed by atoms with Crippen LogP contribution in [0.1, 0.15) is 37.4 Å². The molecule has 3 rings (SSSR count). The van der Waals surface area contributed by atoms with Crippen LogP contribution in [-0.2, 0) is 4.79 Å². The molecule has 6 nitrogen and oxygen atoms in total. The van der Waals surface area contributed by atoms with Gasteiger partial charge in [0.1, 0.15) is 11.8 Å². The lowest BCUT2D eigenvalue weighted by atomic mass is 10.0. The Morgan fingerprint density at radius 2 is 1.86 bits per heavy atom. The fraction of sp³-hybridized carbons (Fsp3) is 0.300. The quantitative estimate of drug-likeness (QED) is 0.490. The molecule has 0 bridgehead atoms. The Morgan fingerprint density at radius 1 is 1.18 bits per heavy atom. The van der Waals surface area contributed by atoms with E-state index in [0.29, 0.717) is 28.8 Å². The Bertz CT molecular complexity index is 851. The van der Waals surface area contributed by atoms with Crippen LogP contribution < -0.4 is 21.0 Å². The first-order valence-corrected chi connectivity index (χ1v) is 9.76. The first-order valence-electron chi connectivity index (χ1n) is 9.00. The summed E-state index contributed by atoms with van der Waals surface area (Å²) in [5, 5.41) is 5.20. The van der Waals surface area contributed by atoms with Crippen LogP contribution in [0.5, 0.6) is 5.75 Å². The Labute approximate surface area is 174 Å². The minimum absolute atomic E-state index is 0.0308. The number of nitrogens with one attached hydrogen (secondary N) is 3. The maximum absolute atomic E-state index is 12.4. The number of amides is 1. The van der Waals surface area contributed by atoms with Crippen LogP contribution in [0.25, 0.3) is 0 Å². The van der Waals surface area contributed by atoms with Gasteiger partial charge >= 0.3 is 0 Å². The van der Waals surface area contributed by atoms with Crippen molar-refractivity contribution in [3.63, 3.8) is 0 Å². The van der Waals surface area contributed by atoms with Crippen molar-refractivity contribution >= 4 is 34.8 Å². The Hall–Kier alpha value is -2.12. The molecule has 1 aliphatic rings. The van der Waals surface area contributed by atoms with Crippen LogP contribution in [0, 0.1) is 0 Å². The number of ether oxygens (including phenoxy) is 1. The highest BCUT2D eigenvalue weighted by atomic mass is 35.5. The summed E-state index contributed by atoms with van der Waals surface area (Å²) in [6, 6.07) is 12.6. The first-order chi connectivity index (χ1) is 13.5. The fourth-order valence-corrected chi connectivity index (χ4v) is 3.48. The zero-order valence-corrected chi connectivity index (χ0v) is 17.1. The first kappa shape index (κ1) is 20.6. The summed E-state index contributed by atoms with van der Waals surface area (Å²) in [5.41, 5.74) is 11.2. The molecule has 1 saturated heterocycles. The molecule has 0 radical (unpaired) electrons. The maximum Gasteiger partial charge on any atom is 0.258 e. The van der Waals surface area contributed by atoms with Crippen LogP contribution in [0.15, 0.2) is 47.6 Å². The van der Waals surface area contributed by atoms with Crippen LogP contribution in [-0.4, -0.2) is 24.3 Å². The van der Waals surface area contributed by atoms with Gasteiger partial charge in [0, 0.05) is 21.7 Å². The SMILES string of the molecule is CCOc1ccc(C2CC(C(=O)N/N=C(\C)c3cc(Cl)cc(Cl)c3)NN2)cc1. The molecule has 2 aromatic carbocycles. The normalized spacial score (nSPS) is 19.5. The van der Waals surface area contributed by atoms with Gasteiger partial charge in [-0.05, 0) is 56.2 Å². The molecule has 2 atom stereocenters. The largest absolute Gasteiger partial charge is 0.494 e. The lowest BCUT2D eigenvalue weighted by molar-refractivity contribution is -0.122. The van der Waals surface area contributed by atoms with Crippen LogP contribution in [0.4, 0.5) is 0 Å². The van der Waals surface area contributed by atoms with Crippen molar-refractivity contribution in [1.82, 2.24) is 16.3 Å². The van der Waals surface area contributed by atoms with Crippen molar-refractivity contribution in [3.8, 4) is 5.75 Å². The number of nitrogens with zero attached hydrogens (tertiary/aromatic N) is 1.